The van der Waals surface area contributed by atoms with E-state index in [1.807, 2.05) is 11.9 Å². The average molecular weight is 249 g/mol. The number of hydrogen-bond acceptors (Lipinski definition) is 4. The minimum Gasteiger partial charge on any atom is -0.397 e. The van der Waals surface area contributed by atoms with Crippen molar-refractivity contribution in [2.45, 2.75) is 18.9 Å². The molecule has 1 heterocycles. The van der Waals surface area contributed by atoms with Gasteiger partial charge in [0.05, 0.1) is 23.0 Å². The number of benzene rings is 1. The van der Waals surface area contributed by atoms with Gasteiger partial charge < -0.3 is 21.1 Å². The third kappa shape index (κ3) is 2.56. The zero-order valence-corrected chi connectivity index (χ0v) is 10.6. The normalized spacial score (nSPS) is 18.8. The molecule has 0 radical (unpaired) electrons. The number of carbonyl (C=O) groups is 1. The average Bonchev–Trinajstić information content (AvgIpc) is 2.81. The third-order valence-electron chi connectivity index (χ3n) is 3.22. The molecule has 5 heteroatoms. The first-order valence-electron chi connectivity index (χ1n) is 6.10. The molecule has 1 amide bonds. The van der Waals surface area contributed by atoms with E-state index in [-0.39, 0.29) is 6.10 Å². The molecule has 1 fully saturated rings. The van der Waals surface area contributed by atoms with E-state index in [0.717, 1.165) is 19.4 Å². The summed E-state index contributed by atoms with van der Waals surface area (Å²) in [5.41, 5.74) is 13.0. The molecule has 0 aromatic heterocycles. The van der Waals surface area contributed by atoms with Gasteiger partial charge in [0.25, 0.3) is 5.91 Å². The van der Waals surface area contributed by atoms with Crippen molar-refractivity contribution in [3.63, 3.8) is 0 Å². The first kappa shape index (κ1) is 12.7. The van der Waals surface area contributed by atoms with E-state index in [1.54, 1.807) is 18.2 Å². The SMILES string of the molecule is CN(CC1CCCO1)c1c(N)cccc1C(N)=O. The predicted octanol–water partition coefficient (Wildman–Crippen LogP) is 0.983. The Hall–Kier alpha value is -1.75. The lowest BCUT2D eigenvalue weighted by Gasteiger charge is -2.25. The van der Waals surface area contributed by atoms with Crippen LogP contribution in [-0.2, 0) is 4.74 Å². The number of rotatable bonds is 4. The summed E-state index contributed by atoms with van der Waals surface area (Å²) in [4.78, 5) is 13.4. The van der Waals surface area contributed by atoms with Crippen LogP contribution in [0, 0.1) is 0 Å². The smallest absolute Gasteiger partial charge is 0.250 e. The molecule has 0 saturated carbocycles. The highest BCUT2D eigenvalue weighted by Crippen LogP contribution is 2.28. The summed E-state index contributed by atoms with van der Waals surface area (Å²) in [6.45, 7) is 1.53. The molecule has 1 saturated heterocycles. The molecule has 1 aliphatic rings. The molecule has 1 aliphatic heterocycles. The quantitative estimate of drug-likeness (QED) is 0.779. The van der Waals surface area contributed by atoms with Crippen molar-refractivity contribution in [1.29, 1.82) is 0 Å². The highest BCUT2D eigenvalue weighted by Gasteiger charge is 2.21. The molecule has 18 heavy (non-hydrogen) atoms. The number of carbonyl (C=O) groups excluding carboxylic acids is 1. The number of primary amides is 1. The Balaban J connectivity index is 2.22. The molecule has 1 aromatic rings. The molecular formula is C13H19N3O2. The number of para-hydroxylation sites is 1. The first-order valence-corrected chi connectivity index (χ1v) is 6.10. The minimum absolute atomic E-state index is 0.204. The fourth-order valence-electron chi connectivity index (χ4n) is 2.37. The highest BCUT2D eigenvalue weighted by atomic mass is 16.5. The zero-order chi connectivity index (χ0) is 13.1. The Bertz CT molecular complexity index is 442. The van der Waals surface area contributed by atoms with Crippen molar-refractivity contribution in [1.82, 2.24) is 0 Å². The van der Waals surface area contributed by atoms with Gasteiger partial charge in [-0.05, 0) is 25.0 Å². The van der Waals surface area contributed by atoms with Crippen LogP contribution in [0.4, 0.5) is 11.4 Å². The molecule has 0 bridgehead atoms. The number of nitrogens with two attached hydrogens (primary N) is 2. The molecule has 5 nitrogen and oxygen atoms in total. The molecule has 1 aromatic carbocycles. The van der Waals surface area contributed by atoms with Gasteiger partial charge in [0.2, 0.25) is 0 Å². The van der Waals surface area contributed by atoms with Gasteiger partial charge in [-0.2, -0.15) is 0 Å². The fraction of sp³-hybridized carbons (Fsp3) is 0.462. The lowest BCUT2D eigenvalue weighted by atomic mass is 10.1. The number of nitrogen functional groups attached to an aromatic ring is 1. The van der Waals surface area contributed by atoms with Crippen molar-refractivity contribution in [3.05, 3.63) is 23.8 Å². The maximum Gasteiger partial charge on any atom is 0.250 e. The number of anilines is 2. The number of hydrogen-bond donors (Lipinski definition) is 2. The van der Waals surface area contributed by atoms with E-state index in [9.17, 15) is 4.79 Å². The summed E-state index contributed by atoms with van der Waals surface area (Å²) in [6, 6.07) is 5.20. The highest BCUT2D eigenvalue weighted by molar-refractivity contribution is 6.01. The number of amides is 1. The molecule has 2 rings (SSSR count). The molecule has 0 aliphatic carbocycles. The van der Waals surface area contributed by atoms with Gasteiger partial charge in [0.15, 0.2) is 0 Å². The Labute approximate surface area is 107 Å². The monoisotopic (exact) mass is 249 g/mol. The lowest BCUT2D eigenvalue weighted by Crippen LogP contribution is -2.31. The van der Waals surface area contributed by atoms with E-state index in [0.29, 0.717) is 23.5 Å². The van der Waals surface area contributed by atoms with Crippen LogP contribution in [-0.4, -0.2) is 32.2 Å². The zero-order valence-electron chi connectivity index (χ0n) is 10.6. The number of ether oxygens (including phenoxy) is 1. The van der Waals surface area contributed by atoms with E-state index >= 15 is 0 Å². The molecule has 4 N–H and O–H groups in total. The Kier molecular flexibility index (Phi) is 3.72. The van der Waals surface area contributed by atoms with Crippen LogP contribution in [0.1, 0.15) is 23.2 Å². The fourth-order valence-corrected chi connectivity index (χ4v) is 2.37. The topological polar surface area (TPSA) is 81.6 Å². The molecular weight excluding hydrogens is 230 g/mol. The second kappa shape index (κ2) is 5.27. The van der Waals surface area contributed by atoms with Crippen LogP contribution >= 0.6 is 0 Å². The summed E-state index contributed by atoms with van der Waals surface area (Å²) >= 11 is 0. The molecule has 1 unspecified atom stereocenters. The van der Waals surface area contributed by atoms with Crippen molar-refractivity contribution < 1.29 is 9.53 Å². The van der Waals surface area contributed by atoms with Gasteiger partial charge >= 0.3 is 0 Å². The summed E-state index contributed by atoms with van der Waals surface area (Å²) < 4.78 is 5.59. The van der Waals surface area contributed by atoms with E-state index in [2.05, 4.69) is 0 Å². The second-order valence-electron chi connectivity index (χ2n) is 4.62. The van der Waals surface area contributed by atoms with Crippen LogP contribution in [0.25, 0.3) is 0 Å². The number of nitrogens with zero attached hydrogens (tertiary/aromatic N) is 1. The maximum atomic E-state index is 11.4. The van der Waals surface area contributed by atoms with Gasteiger partial charge in [-0.15, -0.1) is 0 Å². The largest absolute Gasteiger partial charge is 0.397 e. The maximum absolute atomic E-state index is 11.4. The van der Waals surface area contributed by atoms with Crippen molar-refractivity contribution in [2.75, 3.05) is 30.8 Å². The van der Waals surface area contributed by atoms with Gasteiger partial charge in [0, 0.05) is 20.2 Å². The Morgan fingerprint density at radius 1 is 1.56 bits per heavy atom. The van der Waals surface area contributed by atoms with E-state index in [1.165, 1.54) is 0 Å². The van der Waals surface area contributed by atoms with Crippen LogP contribution in [0.15, 0.2) is 18.2 Å². The van der Waals surface area contributed by atoms with Crippen LogP contribution in [0.2, 0.25) is 0 Å². The van der Waals surface area contributed by atoms with Gasteiger partial charge in [-0.25, -0.2) is 0 Å². The molecule has 1 atom stereocenters. The molecule has 98 valence electrons. The minimum atomic E-state index is -0.462. The van der Waals surface area contributed by atoms with E-state index in [4.69, 9.17) is 16.2 Å². The number of likely N-dealkylation sites (N-methyl/N-ethyl adjacent to an activating group) is 1. The van der Waals surface area contributed by atoms with Crippen LogP contribution in [0.5, 0.6) is 0 Å². The Morgan fingerprint density at radius 2 is 2.33 bits per heavy atom. The van der Waals surface area contributed by atoms with Crippen LogP contribution < -0.4 is 16.4 Å². The Morgan fingerprint density at radius 3 is 2.94 bits per heavy atom. The van der Waals surface area contributed by atoms with Gasteiger partial charge in [-0.1, -0.05) is 6.07 Å². The van der Waals surface area contributed by atoms with Crippen LogP contribution in [0.3, 0.4) is 0 Å². The summed E-state index contributed by atoms with van der Waals surface area (Å²) in [5, 5.41) is 0. The standard InChI is InChI=1S/C13H19N3O2/c1-16(8-9-4-3-7-18-9)12-10(13(15)17)5-2-6-11(12)14/h2,5-6,9H,3-4,7-8,14H2,1H3,(H2,15,17). The molecule has 0 spiro atoms. The van der Waals surface area contributed by atoms with Crippen molar-refractivity contribution in [3.8, 4) is 0 Å². The first-order chi connectivity index (χ1) is 8.59. The van der Waals surface area contributed by atoms with Crippen molar-refractivity contribution in [2.24, 2.45) is 5.73 Å². The second-order valence-corrected chi connectivity index (χ2v) is 4.62. The predicted molar refractivity (Wildman–Crippen MR) is 71.6 cm³/mol. The third-order valence-corrected chi connectivity index (χ3v) is 3.22. The van der Waals surface area contributed by atoms with Gasteiger partial charge in [-0.3, -0.25) is 4.79 Å². The van der Waals surface area contributed by atoms with Crippen molar-refractivity contribution >= 4 is 17.3 Å². The van der Waals surface area contributed by atoms with E-state index < -0.39 is 5.91 Å². The lowest BCUT2D eigenvalue weighted by molar-refractivity contribution is 0.0999. The summed E-state index contributed by atoms with van der Waals surface area (Å²) in [6.07, 6.45) is 2.34. The summed E-state index contributed by atoms with van der Waals surface area (Å²) in [5.74, 6) is -0.462. The van der Waals surface area contributed by atoms with Gasteiger partial charge in [0.1, 0.15) is 0 Å². The summed E-state index contributed by atoms with van der Waals surface area (Å²) in [7, 11) is 1.90.